The van der Waals surface area contributed by atoms with E-state index in [0.29, 0.717) is 22.8 Å². The molecule has 0 saturated heterocycles. The Morgan fingerprint density at radius 1 is 1.30 bits per heavy atom. The van der Waals surface area contributed by atoms with E-state index in [-0.39, 0.29) is 10.8 Å². The molecule has 0 spiro atoms. The van der Waals surface area contributed by atoms with Crippen LogP contribution in [0.15, 0.2) is 24.3 Å². The molecule has 6 heteroatoms. The predicted molar refractivity (Wildman–Crippen MR) is 78.2 cm³/mol. The Balaban J connectivity index is 2.32. The van der Waals surface area contributed by atoms with Crippen LogP contribution in [0.25, 0.3) is 10.6 Å². The van der Waals surface area contributed by atoms with Crippen LogP contribution in [-0.4, -0.2) is 22.0 Å². The van der Waals surface area contributed by atoms with Crippen molar-refractivity contribution in [3.05, 3.63) is 34.8 Å². The zero-order chi connectivity index (χ0) is 14.7. The van der Waals surface area contributed by atoms with Gasteiger partial charge in [-0.1, -0.05) is 6.92 Å². The van der Waals surface area contributed by atoms with Crippen LogP contribution in [0.2, 0.25) is 0 Å². The number of hydrogen-bond acceptors (Lipinski definition) is 4. The molecule has 0 aliphatic heterocycles. The second-order valence-electron chi connectivity index (χ2n) is 4.21. The van der Waals surface area contributed by atoms with E-state index in [1.807, 2.05) is 19.1 Å². The molecule has 1 heterocycles. The summed E-state index contributed by atoms with van der Waals surface area (Å²) in [4.78, 5) is 26.7. The quantitative estimate of drug-likeness (QED) is 0.907. The largest absolute Gasteiger partial charge is 0.477 e. The molecule has 0 radical (unpaired) electrons. The number of rotatable bonds is 4. The molecule has 0 saturated carbocycles. The van der Waals surface area contributed by atoms with Gasteiger partial charge in [0, 0.05) is 18.2 Å². The number of benzene rings is 1. The lowest BCUT2D eigenvalue weighted by atomic mass is 10.2. The summed E-state index contributed by atoms with van der Waals surface area (Å²) < 4.78 is 0. The number of thiazole rings is 1. The molecule has 0 unspecified atom stereocenters. The molecular weight excluding hydrogens is 276 g/mol. The summed E-state index contributed by atoms with van der Waals surface area (Å²) in [6.45, 7) is 3.33. The summed E-state index contributed by atoms with van der Waals surface area (Å²) in [5.41, 5.74) is 2.14. The third kappa shape index (κ3) is 3.03. The number of carboxylic acids is 1. The van der Waals surface area contributed by atoms with E-state index in [0.717, 1.165) is 5.56 Å². The molecule has 2 rings (SSSR count). The minimum absolute atomic E-state index is 0.131. The summed E-state index contributed by atoms with van der Waals surface area (Å²) in [5.74, 6) is -1.08. The summed E-state index contributed by atoms with van der Waals surface area (Å²) in [7, 11) is 0. The molecule has 5 nitrogen and oxygen atoms in total. The lowest BCUT2D eigenvalue weighted by Crippen LogP contribution is -2.05. The number of hydrogen-bond donors (Lipinski definition) is 2. The van der Waals surface area contributed by atoms with E-state index in [1.54, 1.807) is 12.1 Å². The van der Waals surface area contributed by atoms with Crippen molar-refractivity contribution in [2.45, 2.75) is 20.3 Å². The average Bonchev–Trinajstić information content (AvgIpc) is 2.83. The fraction of sp³-hybridized carbons (Fsp3) is 0.214. The lowest BCUT2D eigenvalue weighted by Gasteiger charge is -2.02. The number of carbonyl (C=O) groups is 2. The van der Waals surface area contributed by atoms with Crippen LogP contribution in [0, 0.1) is 0 Å². The highest BCUT2D eigenvalue weighted by Crippen LogP contribution is 2.29. The van der Waals surface area contributed by atoms with E-state index in [9.17, 15) is 9.59 Å². The molecular formula is C14H14N2O3S. The van der Waals surface area contributed by atoms with Crippen molar-refractivity contribution < 1.29 is 14.7 Å². The Kier molecular flexibility index (Phi) is 4.14. The van der Waals surface area contributed by atoms with Gasteiger partial charge in [-0.3, -0.25) is 4.79 Å². The van der Waals surface area contributed by atoms with Crippen LogP contribution in [0.4, 0.5) is 5.69 Å². The van der Waals surface area contributed by atoms with E-state index < -0.39 is 5.97 Å². The lowest BCUT2D eigenvalue weighted by molar-refractivity contribution is -0.114. The van der Waals surface area contributed by atoms with Crippen molar-refractivity contribution in [2.75, 3.05) is 5.32 Å². The van der Waals surface area contributed by atoms with Crippen molar-refractivity contribution >= 4 is 28.9 Å². The molecule has 0 fully saturated rings. The van der Waals surface area contributed by atoms with E-state index in [4.69, 9.17) is 5.11 Å². The van der Waals surface area contributed by atoms with Crippen LogP contribution in [0.1, 0.15) is 29.2 Å². The molecule has 2 N–H and O–H groups in total. The van der Waals surface area contributed by atoms with Crippen molar-refractivity contribution in [1.29, 1.82) is 0 Å². The Hall–Kier alpha value is -2.21. The highest BCUT2D eigenvalue weighted by molar-refractivity contribution is 7.17. The first-order chi connectivity index (χ1) is 9.51. The third-order valence-electron chi connectivity index (χ3n) is 2.68. The molecule has 0 atom stereocenters. The number of carbonyl (C=O) groups excluding carboxylic acids is 1. The number of anilines is 1. The Morgan fingerprint density at radius 2 is 1.95 bits per heavy atom. The molecule has 2 aromatic rings. The highest BCUT2D eigenvalue weighted by atomic mass is 32.1. The van der Waals surface area contributed by atoms with Gasteiger partial charge >= 0.3 is 5.97 Å². The first-order valence-electron chi connectivity index (χ1n) is 6.12. The van der Waals surface area contributed by atoms with Gasteiger partial charge in [-0.2, -0.15) is 0 Å². The summed E-state index contributed by atoms with van der Waals surface area (Å²) in [6.07, 6.45) is 0.585. The fourth-order valence-corrected chi connectivity index (χ4v) is 2.78. The van der Waals surface area contributed by atoms with Gasteiger partial charge in [0.2, 0.25) is 5.91 Å². The molecule has 0 aliphatic rings. The number of nitrogens with one attached hydrogen (secondary N) is 1. The molecule has 0 aliphatic carbocycles. The van der Waals surface area contributed by atoms with E-state index in [1.165, 1.54) is 18.3 Å². The van der Waals surface area contributed by atoms with Crippen LogP contribution >= 0.6 is 11.3 Å². The molecule has 20 heavy (non-hydrogen) atoms. The van der Waals surface area contributed by atoms with Crippen molar-refractivity contribution in [2.24, 2.45) is 0 Å². The van der Waals surface area contributed by atoms with Crippen LogP contribution in [-0.2, 0) is 11.2 Å². The van der Waals surface area contributed by atoms with Gasteiger partial charge in [0.25, 0.3) is 0 Å². The highest BCUT2D eigenvalue weighted by Gasteiger charge is 2.16. The summed E-state index contributed by atoms with van der Waals surface area (Å²) >= 11 is 1.17. The van der Waals surface area contributed by atoms with Gasteiger partial charge in [-0.15, -0.1) is 11.3 Å². The third-order valence-corrected chi connectivity index (χ3v) is 3.81. The Labute approximate surface area is 120 Å². The van der Waals surface area contributed by atoms with Crippen molar-refractivity contribution in [3.63, 3.8) is 0 Å². The maximum atomic E-state index is 11.1. The van der Waals surface area contributed by atoms with Gasteiger partial charge < -0.3 is 10.4 Å². The van der Waals surface area contributed by atoms with E-state index >= 15 is 0 Å². The normalized spacial score (nSPS) is 10.3. The smallest absolute Gasteiger partial charge is 0.347 e. The summed E-state index contributed by atoms with van der Waals surface area (Å²) in [5, 5.41) is 12.5. The van der Waals surface area contributed by atoms with Crippen molar-refractivity contribution in [3.8, 4) is 10.6 Å². The van der Waals surface area contributed by atoms with Gasteiger partial charge in [0.1, 0.15) is 9.88 Å². The minimum atomic E-state index is -0.944. The monoisotopic (exact) mass is 290 g/mol. The maximum Gasteiger partial charge on any atom is 0.347 e. The van der Waals surface area contributed by atoms with Gasteiger partial charge in [-0.05, 0) is 30.7 Å². The first-order valence-corrected chi connectivity index (χ1v) is 6.94. The Morgan fingerprint density at radius 3 is 2.40 bits per heavy atom. The predicted octanol–water partition coefficient (Wildman–Crippen LogP) is 3.03. The zero-order valence-electron chi connectivity index (χ0n) is 11.1. The molecule has 1 aromatic carbocycles. The summed E-state index contributed by atoms with van der Waals surface area (Å²) in [6, 6.07) is 7.17. The van der Waals surface area contributed by atoms with Crippen molar-refractivity contribution in [1.82, 2.24) is 4.98 Å². The van der Waals surface area contributed by atoms with Gasteiger partial charge in [0.05, 0.1) is 5.69 Å². The zero-order valence-corrected chi connectivity index (χ0v) is 12.0. The van der Waals surface area contributed by atoms with Crippen LogP contribution in [0.3, 0.4) is 0 Å². The van der Waals surface area contributed by atoms with E-state index in [2.05, 4.69) is 10.3 Å². The first kappa shape index (κ1) is 14.2. The standard InChI is InChI=1S/C14H14N2O3S/c1-3-11-12(14(18)19)20-13(16-11)9-4-6-10(7-5-9)15-8(2)17/h4-7H,3H2,1-2H3,(H,15,17)(H,18,19). The topological polar surface area (TPSA) is 79.3 Å². The second-order valence-corrected chi connectivity index (χ2v) is 5.21. The average molecular weight is 290 g/mol. The van der Waals surface area contributed by atoms with Gasteiger partial charge in [-0.25, -0.2) is 9.78 Å². The number of aromatic carboxylic acids is 1. The van der Waals surface area contributed by atoms with Gasteiger partial charge in [0.15, 0.2) is 0 Å². The second kappa shape index (κ2) is 5.83. The number of carboxylic acid groups (broad SMARTS) is 1. The number of nitrogens with zero attached hydrogens (tertiary/aromatic N) is 1. The molecule has 1 amide bonds. The Bertz CT molecular complexity index is 647. The van der Waals surface area contributed by atoms with Crippen LogP contribution < -0.4 is 5.32 Å². The molecule has 104 valence electrons. The molecule has 0 bridgehead atoms. The minimum Gasteiger partial charge on any atom is -0.477 e. The van der Waals surface area contributed by atoms with Crippen LogP contribution in [0.5, 0.6) is 0 Å². The maximum absolute atomic E-state index is 11.1. The number of aryl methyl sites for hydroxylation is 1. The SMILES string of the molecule is CCc1nc(-c2ccc(NC(C)=O)cc2)sc1C(=O)O. The molecule has 1 aromatic heterocycles. The number of aromatic nitrogens is 1. The fourth-order valence-electron chi connectivity index (χ4n) is 1.78. The number of amides is 1.